The SMILES string of the molecule is N[C@@H]1CCNC[C@@H]1O. The molecule has 2 atom stereocenters. The molecule has 8 heavy (non-hydrogen) atoms. The fourth-order valence-corrected chi connectivity index (χ4v) is 0.862. The molecule has 1 rings (SSSR count). The van der Waals surface area contributed by atoms with Gasteiger partial charge in [0.25, 0.3) is 0 Å². The summed E-state index contributed by atoms with van der Waals surface area (Å²) in [5.41, 5.74) is 5.49. The molecule has 0 aromatic heterocycles. The van der Waals surface area contributed by atoms with E-state index < -0.39 is 0 Å². The van der Waals surface area contributed by atoms with Crippen LogP contribution in [0.4, 0.5) is 0 Å². The van der Waals surface area contributed by atoms with E-state index in [0.717, 1.165) is 13.0 Å². The molecule has 1 aliphatic heterocycles. The summed E-state index contributed by atoms with van der Waals surface area (Å²) in [6.07, 6.45) is 0.560. The average molecular weight is 116 g/mol. The molecule has 0 saturated carbocycles. The second kappa shape index (κ2) is 2.44. The van der Waals surface area contributed by atoms with Crippen LogP contribution in [0.15, 0.2) is 0 Å². The minimum absolute atomic E-state index is 0.00347. The lowest BCUT2D eigenvalue weighted by atomic mass is 10.1. The molecule has 0 aliphatic carbocycles. The minimum atomic E-state index is -0.330. The Bertz CT molecular complexity index is 66.8. The zero-order valence-electron chi connectivity index (χ0n) is 4.80. The zero-order valence-corrected chi connectivity index (χ0v) is 4.80. The topological polar surface area (TPSA) is 58.3 Å². The zero-order chi connectivity index (χ0) is 5.98. The van der Waals surface area contributed by atoms with Gasteiger partial charge in [0, 0.05) is 12.6 Å². The highest BCUT2D eigenvalue weighted by molar-refractivity contribution is 4.79. The normalized spacial score (nSPS) is 39.8. The van der Waals surface area contributed by atoms with Crippen molar-refractivity contribution in [2.45, 2.75) is 18.6 Å². The highest BCUT2D eigenvalue weighted by Crippen LogP contribution is 1.98. The fraction of sp³-hybridized carbons (Fsp3) is 1.00. The predicted octanol–water partition coefficient (Wildman–Crippen LogP) is -1.33. The Labute approximate surface area is 48.9 Å². The first-order chi connectivity index (χ1) is 3.80. The van der Waals surface area contributed by atoms with E-state index >= 15 is 0 Å². The molecule has 0 spiro atoms. The van der Waals surface area contributed by atoms with Crippen LogP contribution in [0.1, 0.15) is 6.42 Å². The number of hydrogen-bond donors (Lipinski definition) is 3. The number of piperidine rings is 1. The molecule has 0 bridgehead atoms. The summed E-state index contributed by atoms with van der Waals surface area (Å²) < 4.78 is 0. The average Bonchev–Trinajstić information content (AvgIpc) is 1.77. The van der Waals surface area contributed by atoms with E-state index in [1.54, 1.807) is 0 Å². The molecular formula is C5H12N2O. The maximum atomic E-state index is 8.99. The van der Waals surface area contributed by atoms with Gasteiger partial charge in [-0.25, -0.2) is 0 Å². The lowest BCUT2D eigenvalue weighted by molar-refractivity contribution is 0.120. The van der Waals surface area contributed by atoms with Crippen LogP contribution in [0.3, 0.4) is 0 Å². The number of β-amino-alcohol motifs (C(OH)–C–C–N with tert-alkyl or cyclic N) is 1. The van der Waals surface area contributed by atoms with E-state index in [4.69, 9.17) is 10.8 Å². The Hall–Kier alpha value is -0.120. The molecule has 1 heterocycles. The molecule has 1 aliphatic rings. The molecule has 3 heteroatoms. The van der Waals surface area contributed by atoms with E-state index in [2.05, 4.69) is 5.32 Å². The third-order valence-corrected chi connectivity index (χ3v) is 1.50. The summed E-state index contributed by atoms with van der Waals surface area (Å²) in [6, 6.07) is -0.00347. The maximum Gasteiger partial charge on any atom is 0.0815 e. The first-order valence-electron chi connectivity index (χ1n) is 2.95. The Kier molecular flexibility index (Phi) is 1.83. The number of nitrogens with two attached hydrogens (primary N) is 1. The molecule has 0 aromatic carbocycles. The van der Waals surface area contributed by atoms with E-state index in [1.165, 1.54) is 0 Å². The van der Waals surface area contributed by atoms with Crippen molar-refractivity contribution in [2.24, 2.45) is 5.73 Å². The van der Waals surface area contributed by atoms with Gasteiger partial charge in [-0.05, 0) is 13.0 Å². The highest BCUT2D eigenvalue weighted by atomic mass is 16.3. The van der Waals surface area contributed by atoms with Gasteiger partial charge in [-0.2, -0.15) is 0 Å². The molecule has 0 aromatic rings. The molecule has 0 radical (unpaired) electrons. The van der Waals surface area contributed by atoms with Gasteiger partial charge in [0.05, 0.1) is 6.10 Å². The molecule has 3 nitrogen and oxygen atoms in total. The van der Waals surface area contributed by atoms with Gasteiger partial charge in [0.2, 0.25) is 0 Å². The first-order valence-corrected chi connectivity index (χ1v) is 2.95. The van der Waals surface area contributed by atoms with E-state index in [0.29, 0.717) is 6.54 Å². The quantitative estimate of drug-likeness (QED) is 0.367. The first kappa shape index (κ1) is 6.01. The maximum absolute atomic E-state index is 8.99. The summed E-state index contributed by atoms with van der Waals surface area (Å²) in [6.45, 7) is 1.60. The van der Waals surface area contributed by atoms with Crippen LogP contribution in [0.2, 0.25) is 0 Å². The molecule has 4 N–H and O–H groups in total. The van der Waals surface area contributed by atoms with Gasteiger partial charge in [-0.3, -0.25) is 0 Å². The molecule has 1 fully saturated rings. The van der Waals surface area contributed by atoms with Crippen molar-refractivity contribution in [1.29, 1.82) is 0 Å². The Balaban J connectivity index is 2.28. The Morgan fingerprint density at radius 1 is 1.62 bits per heavy atom. The molecule has 0 unspecified atom stereocenters. The van der Waals surface area contributed by atoms with Gasteiger partial charge in [-0.15, -0.1) is 0 Å². The van der Waals surface area contributed by atoms with Crippen LogP contribution in [0.25, 0.3) is 0 Å². The number of aliphatic hydroxyl groups is 1. The number of nitrogens with one attached hydrogen (secondary N) is 1. The molecule has 0 amide bonds. The van der Waals surface area contributed by atoms with Gasteiger partial charge in [0.1, 0.15) is 0 Å². The molecule has 1 saturated heterocycles. The third kappa shape index (κ3) is 1.18. The Morgan fingerprint density at radius 3 is 2.75 bits per heavy atom. The van der Waals surface area contributed by atoms with Crippen molar-refractivity contribution < 1.29 is 5.11 Å². The summed E-state index contributed by atoms with van der Waals surface area (Å²) in [5, 5.41) is 12.0. The summed E-state index contributed by atoms with van der Waals surface area (Å²) in [5.74, 6) is 0. The summed E-state index contributed by atoms with van der Waals surface area (Å²) >= 11 is 0. The Morgan fingerprint density at radius 2 is 2.38 bits per heavy atom. The summed E-state index contributed by atoms with van der Waals surface area (Å²) in [4.78, 5) is 0. The number of aliphatic hydroxyl groups excluding tert-OH is 1. The van der Waals surface area contributed by atoms with Gasteiger partial charge in [-0.1, -0.05) is 0 Å². The van der Waals surface area contributed by atoms with Crippen LogP contribution in [-0.4, -0.2) is 30.3 Å². The standard InChI is InChI=1S/C5H12N2O/c6-4-1-2-7-3-5(4)8/h4-5,7-8H,1-3,6H2/t4-,5+/m1/s1. The van der Waals surface area contributed by atoms with E-state index in [1.807, 2.05) is 0 Å². The van der Waals surface area contributed by atoms with Gasteiger partial charge >= 0.3 is 0 Å². The van der Waals surface area contributed by atoms with E-state index in [9.17, 15) is 0 Å². The van der Waals surface area contributed by atoms with Crippen molar-refractivity contribution >= 4 is 0 Å². The van der Waals surface area contributed by atoms with Gasteiger partial charge < -0.3 is 16.2 Å². The van der Waals surface area contributed by atoms with Crippen molar-refractivity contribution in [3.8, 4) is 0 Å². The molecule has 48 valence electrons. The fourth-order valence-electron chi connectivity index (χ4n) is 0.862. The lowest BCUT2D eigenvalue weighted by Gasteiger charge is -2.24. The van der Waals surface area contributed by atoms with Crippen LogP contribution in [0, 0.1) is 0 Å². The van der Waals surface area contributed by atoms with Crippen LogP contribution in [-0.2, 0) is 0 Å². The third-order valence-electron chi connectivity index (χ3n) is 1.50. The second-order valence-corrected chi connectivity index (χ2v) is 2.22. The molecular weight excluding hydrogens is 104 g/mol. The van der Waals surface area contributed by atoms with Crippen LogP contribution in [0.5, 0.6) is 0 Å². The van der Waals surface area contributed by atoms with E-state index in [-0.39, 0.29) is 12.1 Å². The smallest absolute Gasteiger partial charge is 0.0815 e. The van der Waals surface area contributed by atoms with Crippen LogP contribution < -0.4 is 11.1 Å². The van der Waals surface area contributed by atoms with Crippen LogP contribution >= 0.6 is 0 Å². The predicted molar refractivity (Wildman–Crippen MR) is 31.5 cm³/mol. The largest absolute Gasteiger partial charge is 0.390 e. The van der Waals surface area contributed by atoms with Gasteiger partial charge in [0.15, 0.2) is 0 Å². The number of hydrogen-bond acceptors (Lipinski definition) is 3. The van der Waals surface area contributed by atoms with Crippen molar-refractivity contribution in [2.75, 3.05) is 13.1 Å². The number of rotatable bonds is 0. The minimum Gasteiger partial charge on any atom is -0.390 e. The second-order valence-electron chi connectivity index (χ2n) is 2.22. The van der Waals surface area contributed by atoms with Crippen molar-refractivity contribution in [3.05, 3.63) is 0 Å². The lowest BCUT2D eigenvalue weighted by Crippen LogP contribution is -2.48. The van der Waals surface area contributed by atoms with Crippen molar-refractivity contribution in [3.63, 3.8) is 0 Å². The monoisotopic (exact) mass is 116 g/mol. The van der Waals surface area contributed by atoms with Crippen molar-refractivity contribution in [1.82, 2.24) is 5.32 Å². The summed E-state index contributed by atoms with van der Waals surface area (Å²) in [7, 11) is 0. The highest BCUT2D eigenvalue weighted by Gasteiger charge is 2.17.